The third kappa shape index (κ3) is 7.76. The zero-order valence-corrected chi connectivity index (χ0v) is 36.9. The number of carbonyl (C=O) groups excluding carboxylic acids is 3. The number of piperidine rings is 1. The second-order valence-electron chi connectivity index (χ2n) is 17.6. The van der Waals surface area contributed by atoms with Crippen LogP contribution in [0.15, 0.2) is 36.4 Å². The Labute approximate surface area is 362 Å². The summed E-state index contributed by atoms with van der Waals surface area (Å²) in [4.78, 5) is 44.8. The van der Waals surface area contributed by atoms with Gasteiger partial charge in [-0.25, -0.2) is 0 Å². The predicted octanol–water partition coefficient (Wildman–Crippen LogP) is -2.47. The zero-order valence-electron chi connectivity index (χ0n) is 33.6. The van der Waals surface area contributed by atoms with Crippen LogP contribution in [0.3, 0.4) is 0 Å². The molecule has 2 saturated heterocycles. The van der Waals surface area contributed by atoms with Crippen LogP contribution >= 0.6 is 0 Å². The Morgan fingerprint density at radius 1 is 0.780 bits per heavy atom. The summed E-state index contributed by atoms with van der Waals surface area (Å²) in [6.45, 7) is 5.16. The van der Waals surface area contributed by atoms with Crippen molar-refractivity contribution in [2.45, 2.75) is 68.2 Å². The SMILES string of the molecule is O=C([O-])CN1CCN(CCCn2c3c(c4ccccc42)C[C@@]2(O)[C@H]4Cc5ccc(O)c6c5[C@@]2(CCN4CC2CC2)[C@H]3O6)CCN(CC(=O)[O-])CCN(CC(=O)[O-])CC1.[111In+3]. The topological polar surface area (TPSA) is 191 Å². The second-order valence-corrected chi connectivity index (χ2v) is 17.6. The van der Waals surface area contributed by atoms with Crippen LogP contribution in [0.2, 0.25) is 0 Å². The number of likely N-dealkylation sites (tertiary alicyclic amines) is 1. The fourth-order valence-electron chi connectivity index (χ4n) is 11.3. The molecule has 6 aliphatic rings. The van der Waals surface area contributed by atoms with Gasteiger partial charge >= 0.3 is 25.8 Å². The van der Waals surface area contributed by atoms with Crippen LogP contribution in [0.1, 0.15) is 54.2 Å². The number of fused-ring (bicyclic) bond motifs is 4. The molecule has 2 bridgehead atoms. The number of aliphatic carboxylic acids is 3. The molecule has 9 rings (SSSR count). The first-order valence-corrected chi connectivity index (χ1v) is 21.0. The molecule has 4 atom stereocenters. The number of hydrogen-bond acceptors (Lipinski definition) is 14. The van der Waals surface area contributed by atoms with E-state index in [1.165, 1.54) is 12.8 Å². The predicted molar refractivity (Wildman–Crippen MR) is 211 cm³/mol. The first-order valence-electron chi connectivity index (χ1n) is 21.0. The molecule has 16 heteroatoms. The Morgan fingerprint density at radius 2 is 1.37 bits per heavy atom. The molecule has 15 nitrogen and oxygen atoms in total. The number of benzene rings is 2. The molecule has 1 spiro atoms. The number of carbonyl (C=O) groups is 3. The van der Waals surface area contributed by atoms with Crippen LogP contribution in [0.25, 0.3) is 10.9 Å². The van der Waals surface area contributed by atoms with Crippen LogP contribution < -0.4 is 20.1 Å². The van der Waals surface area contributed by atoms with Crippen molar-refractivity contribution in [3.8, 4) is 11.5 Å². The first kappa shape index (κ1) is 42.3. The van der Waals surface area contributed by atoms with Gasteiger partial charge in [-0.15, -0.1) is 0 Å². The summed E-state index contributed by atoms with van der Waals surface area (Å²) in [5.74, 6) is -2.39. The Kier molecular flexibility index (Phi) is 12.1. The van der Waals surface area contributed by atoms with Gasteiger partial charge in [-0.05, 0) is 74.4 Å². The third-order valence-electron chi connectivity index (χ3n) is 14.2. The van der Waals surface area contributed by atoms with E-state index >= 15 is 0 Å². The van der Waals surface area contributed by atoms with Crippen LogP contribution in [0.5, 0.6) is 11.5 Å². The molecule has 0 unspecified atom stereocenters. The van der Waals surface area contributed by atoms with Gasteiger partial charge in [0.2, 0.25) is 0 Å². The van der Waals surface area contributed by atoms with Gasteiger partial charge < -0.3 is 54.1 Å². The van der Waals surface area contributed by atoms with Gasteiger partial charge in [0.15, 0.2) is 17.6 Å². The average molecular weight is 909 g/mol. The second kappa shape index (κ2) is 16.8. The molecule has 3 aliphatic carbocycles. The van der Waals surface area contributed by atoms with E-state index in [2.05, 4.69) is 26.5 Å². The molecule has 312 valence electrons. The zero-order chi connectivity index (χ0) is 40.3. The van der Waals surface area contributed by atoms with Crippen molar-refractivity contribution < 1.29 is 44.7 Å². The third-order valence-corrected chi connectivity index (χ3v) is 14.2. The molecule has 0 radical (unpaired) electrons. The number of para-hydroxylation sites is 1. The van der Waals surface area contributed by atoms with Crippen molar-refractivity contribution >= 4 is 54.7 Å². The van der Waals surface area contributed by atoms with E-state index in [1.54, 1.807) is 20.8 Å². The number of aryl methyl sites for hydroxylation is 1. The number of carboxylic acid groups (broad SMARTS) is 3. The van der Waals surface area contributed by atoms with Crippen LogP contribution in [0.4, 0.5) is 0 Å². The first-order chi connectivity index (χ1) is 27.9. The van der Waals surface area contributed by atoms with Crippen molar-refractivity contribution in [1.29, 1.82) is 0 Å². The van der Waals surface area contributed by atoms with Crippen molar-refractivity contribution in [3.63, 3.8) is 0 Å². The maximum absolute atomic E-state index is 13.4. The van der Waals surface area contributed by atoms with E-state index in [0.717, 1.165) is 59.2 Å². The van der Waals surface area contributed by atoms with Crippen LogP contribution in [-0.4, -0.2) is 186 Å². The number of ether oxygens (including phenoxy) is 1. The van der Waals surface area contributed by atoms with E-state index in [1.807, 2.05) is 18.2 Å². The fourth-order valence-corrected chi connectivity index (χ4v) is 11.3. The molecule has 59 heavy (non-hydrogen) atoms. The number of nitrogens with zero attached hydrogens (tertiary/aromatic N) is 6. The number of phenolic OH excluding ortho intramolecular Hbond substituents is 1. The summed E-state index contributed by atoms with van der Waals surface area (Å²) >= 11 is 0. The largest absolute Gasteiger partial charge is 3.00 e. The van der Waals surface area contributed by atoms with E-state index < -0.39 is 35.0 Å². The number of carboxylic acids is 3. The van der Waals surface area contributed by atoms with Crippen molar-refractivity contribution in [3.05, 3.63) is 58.8 Å². The molecule has 3 fully saturated rings. The van der Waals surface area contributed by atoms with Crippen molar-refractivity contribution in [1.82, 2.24) is 29.1 Å². The number of aliphatic hydroxyl groups is 1. The molecule has 3 aliphatic heterocycles. The minimum Gasteiger partial charge on any atom is -0.549 e. The van der Waals surface area contributed by atoms with E-state index in [0.29, 0.717) is 76.9 Å². The summed E-state index contributed by atoms with van der Waals surface area (Å²) in [6, 6.07) is 12.1. The van der Waals surface area contributed by atoms with E-state index in [4.69, 9.17) is 4.74 Å². The summed E-state index contributed by atoms with van der Waals surface area (Å²) in [5, 5.41) is 60.6. The minimum atomic E-state index is -1.26. The average Bonchev–Trinajstić information content (AvgIpc) is 3.85. The maximum atomic E-state index is 13.4. The van der Waals surface area contributed by atoms with Gasteiger partial charge in [0.05, 0.1) is 34.6 Å². The monoisotopic (exact) mass is 908 g/mol. The molecular formula is C43H53InN6O9. The Morgan fingerprint density at radius 3 is 1.97 bits per heavy atom. The normalized spacial score (nSPS) is 27.8. The van der Waals surface area contributed by atoms with E-state index in [9.17, 15) is 39.9 Å². The molecular weight excluding hydrogens is 855 g/mol. The molecule has 1 saturated carbocycles. The number of aromatic nitrogens is 1. The van der Waals surface area contributed by atoms with Gasteiger partial charge in [0, 0.05) is 114 Å². The molecule has 0 amide bonds. The van der Waals surface area contributed by atoms with Crippen LogP contribution in [-0.2, 0) is 39.2 Å². The summed E-state index contributed by atoms with van der Waals surface area (Å²) in [5.41, 5.74) is 3.55. The molecule has 2 aromatic carbocycles. The Hall–Kier alpha value is -3.38. The fraction of sp³-hybridized carbons (Fsp3) is 0.605. The van der Waals surface area contributed by atoms with Gasteiger partial charge in [-0.1, -0.05) is 24.3 Å². The quantitative estimate of drug-likeness (QED) is 0.195. The van der Waals surface area contributed by atoms with Crippen LogP contribution in [0, 0.1) is 5.92 Å². The molecule has 2 N–H and O–H groups in total. The van der Waals surface area contributed by atoms with Crippen molar-refractivity contribution in [2.75, 3.05) is 91.6 Å². The minimum absolute atomic E-state index is 0. The van der Waals surface area contributed by atoms with Crippen molar-refractivity contribution in [2.24, 2.45) is 5.92 Å². The Balaban J connectivity index is 0.00000484. The number of aromatic hydroxyl groups is 1. The maximum Gasteiger partial charge on any atom is 3.00 e. The standard InChI is InChI=1S/C43H56N6O9.In/c50-33-9-8-29-22-34-43(57)23-31-30-4-1-2-5-32(30)49(39(31)41-42(43,38(29)40(33)58-41)10-13-48(34)24-28-6-7-28)12-3-11-44-14-16-45(25-35(51)52)18-20-47(27-37(55)56)21-19-46(17-15-44)26-36(53)54;/h1-2,4-5,8-9,28,34,41,50,57H,3,6-7,10-27H2,(H,51,52)(H,53,54)(H,55,56);/q;+3/p-3/t34-,41+,42+,43-;/m1./s1/i;1-4. The van der Waals surface area contributed by atoms with E-state index in [-0.39, 0.29) is 70.4 Å². The smallest absolute Gasteiger partial charge is 0.549 e. The Bertz CT molecular complexity index is 2060. The number of phenols is 1. The summed E-state index contributed by atoms with van der Waals surface area (Å²) < 4.78 is 9.33. The van der Waals surface area contributed by atoms with Gasteiger partial charge in [0.25, 0.3) is 0 Å². The van der Waals surface area contributed by atoms with Gasteiger partial charge in [0.1, 0.15) is 0 Å². The van der Waals surface area contributed by atoms with Gasteiger partial charge in [-0.3, -0.25) is 19.6 Å². The summed E-state index contributed by atoms with van der Waals surface area (Å²) in [7, 11) is 0. The summed E-state index contributed by atoms with van der Waals surface area (Å²) in [6.07, 6.45) is 4.64. The molecule has 3 aromatic rings. The van der Waals surface area contributed by atoms with Gasteiger partial charge in [-0.2, -0.15) is 0 Å². The molecule has 4 heterocycles. The number of rotatable bonds is 12. The number of hydrogen-bond donors (Lipinski definition) is 2. The molecule has 1 aromatic heterocycles.